The van der Waals surface area contributed by atoms with Gasteiger partial charge in [-0.25, -0.2) is 37.7 Å². The molecule has 0 radical (unpaired) electrons. The molecule has 43 heavy (non-hydrogen) atoms. The number of carbonyl (C=O) groups is 2. The lowest BCUT2D eigenvalue weighted by Gasteiger charge is -2.38. The Morgan fingerprint density at radius 1 is 1.14 bits per heavy atom. The third-order valence-electron chi connectivity index (χ3n) is 7.88. The largest absolute Gasteiger partial charge is 0.444 e. The first kappa shape index (κ1) is 30.7. The molecule has 2 N–H and O–H groups in total. The van der Waals surface area contributed by atoms with Crippen LogP contribution in [0.2, 0.25) is 0 Å². The van der Waals surface area contributed by atoms with Gasteiger partial charge >= 0.3 is 6.09 Å². The molecule has 234 valence electrons. The molecule has 0 spiro atoms. The lowest BCUT2D eigenvalue weighted by molar-refractivity contribution is -0.0495. The van der Waals surface area contributed by atoms with Crippen molar-refractivity contribution in [3.8, 4) is 0 Å². The molecule has 2 amide bonds. The Bertz CT molecular complexity index is 1460. The topological polar surface area (TPSA) is 153 Å². The van der Waals surface area contributed by atoms with Crippen LogP contribution in [-0.2, 0) is 4.74 Å². The van der Waals surface area contributed by atoms with Gasteiger partial charge in [-0.2, -0.15) is 10.2 Å². The second kappa shape index (κ2) is 11.7. The van der Waals surface area contributed by atoms with Crippen LogP contribution < -0.4 is 5.32 Å². The highest BCUT2D eigenvalue weighted by Gasteiger charge is 2.40. The molecule has 1 aliphatic heterocycles. The lowest BCUT2D eigenvalue weighted by Crippen LogP contribution is -2.45. The highest BCUT2D eigenvalue weighted by atomic mass is 19.3. The van der Waals surface area contributed by atoms with Gasteiger partial charge in [-0.05, 0) is 66.2 Å². The van der Waals surface area contributed by atoms with Crippen molar-refractivity contribution >= 4 is 17.8 Å². The Balaban J connectivity index is 1.46. The molecule has 2 aliphatic rings. The van der Waals surface area contributed by atoms with Gasteiger partial charge in [0.05, 0.1) is 42.0 Å². The molecule has 1 saturated carbocycles. The van der Waals surface area contributed by atoms with E-state index in [1.165, 1.54) is 21.7 Å². The highest BCUT2D eigenvalue weighted by Crippen LogP contribution is 2.41. The van der Waals surface area contributed by atoms with E-state index in [2.05, 4.69) is 30.5 Å². The number of hydrogen-bond acceptors (Lipinski definition) is 9. The summed E-state index contributed by atoms with van der Waals surface area (Å²) >= 11 is 0. The Morgan fingerprint density at radius 2 is 1.86 bits per heavy atom. The first-order chi connectivity index (χ1) is 20.2. The van der Waals surface area contributed by atoms with Crippen LogP contribution in [0, 0.1) is 5.92 Å². The van der Waals surface area contributed by atoms with Gasteiger partial charge < -0.3 is 15.2 Å². The van der Waals surface area contributed by atoms with E-state index in [9.17, 15) is 23.5 Å². The minimum atomic E-state index is -2.75. The number of amides is 2. The fourth-order valence-electron chi connectivity index (χ4n) is 5.71. The predicted molar refractivity (Wildman–Crippen MR) is 149 cm³/mol. The Hall–Kier alpha value is -3.75. The normalized spacial score (nSPS) is 22.1. The molecule has 5 rings (SSSR count). The van der Waals surface area contributed by atoms with E-state index in [4.69, 9.17) is 4.74 Å². The highest BCUT2D eigenvalue weighted by molar-refractivity contribution is 5.90. The van der Waals surface area contributed by atoms with Gasteiger partial charge in [-0.15, -0.1) is 0 Å². The van der Waals surface area contributed by atoms with Crippen LogP contribution in [-0.4, -0.2) is 80.5 Å². The SMILES string of the molecule is CC(C)n1ncnc1C(=O)N[C@H](c1cn2ncc([C@H]3C[C@@H](O)CCN3C(=O)OC(C)(C)C)nc2n1)C1CCC(F)(F)CC1. The second-order valence-corrected chi connectivity index (χ2v) is 12.7. The van der Waals surface area contributed by atoms with Crippen LogP contribution >= 0.6 is 0 Å². The standard InChI is InChI=1S/C28H39F2N9O4/c1-16(2)39-23(31-15-33-39)24(41)36-22(17-6-9-28(29,30)10-7-17)20-14-38-25(35-20)34-19(13-32-38)21-12-18(40)8-11-37(21)26(42)43-27(3,4)5/h13-18,21-22,40H,6-12H2,1-5H3,(H,36,41)/t18-,21+,22-/m0/s1. The predicted octanol–water partition coefficient (Wildman–Crippen LogP) is 4.03. The van der Waals surface area contributed by atoms with E-state index in [1.807, 2.05) is 13.8 Å². The number of nitrogens with one attached hydrogen (secondary N) is 1. The zero-order valence-corrected chi connectivity index (χ0v) is 25.1. The van der Waals surface area contributed by atoms with Crippen molar-refractivity contribution in [1.82, 2.24) is 44.6 Å². The van der Waals surface area contributed by atoms with Crippen molar-refractivity contribution in [2.45, 2.75) is 109 Å². The number of imidazole rings is 1. The lowest BCUT2D eigenvalue weighted by atomic mass is 9.81. The maximum absolute atomic E-state index is 14.1. The van der Waals surface area contributed by atoms with Gasteiger partial charge in [0.2, 0.25) is 11.7 Å². The molecule has 2 fully saturated rings. The Kier molecular flexibility index (Phi) is 8.38. The maximum atomic E-state index is 14.1. The van der Waals surface area contributed by atoms with E-state index >= 15 is 0 Å². The minimum Gasteiger partial charge on any atom is -0.444 e. The van der Waals surface area contributed by atoms with E-state index < -0.39 is 41.7 Å². The number of alkyl halides is 2. The van der Waals surface area contributed by atoms with E-state index in [0.717, 1.165) is 0 Å². The third kappa shape index (κ3) is 6.92. The molecule has 3 aromatic rings. The van der Waals surface area contributed by atoms with Gasteiger partial charge in [-0.3, -0.25) is 9.69 Å². The summed E-state index contributed by atoms with van der Waals surface area (Å²) in [7, 11) is 0. The number of fused-ring (bicyclic) bond motifs is 1. The molecule has 3 aromatic heterocycles. The average molecular weight is 604 g/mol. The molecular formula is C28H39F2N9O4. The van der Waals surface area contributed by atoms with Crippen molar-refractivity contribution in [1.29, 1.82) is 0 Å². The third-order valence-corrected chi connectivity index (χ3v) is 7.88. The molecule has 3 atom stereocenters. The number of carbonyl (C=O) groups excluding carboxylic acids is 2. The zero-order valence-electron chi connectivity index (χ0n) is 25.1. The number of ether oxygens (including phenoxy) is 1. The number of aliphatic hydroxyl groups excluding tert-OH is 1. The average Bonchev–Trinajstić information content (AvgIpc) is 3.58. The summed E-state index contributed by atoms with van der Waals surface area (Å²) in [6.45, 7) is 9.38. The van der Waals surface area contributed by atoms with Gasteiger partial charge in [0.25, 0.3) is 11.7 Å². The molecule has 13 nitrogen and oxygen atoms in total. The number of aromatic nitrogens is 7. The second-order valence-electron chi connectivity index (χ2n) is 12.7. The summed E-state index contributed by atoms with van der Waals surface area (Å²) in [5.74, 6) is -3.22. The van der Waals surface area contributed by atoms with Crippen molar-refractivity contribution < 1.29 is 28.2 Å². The number of nitrogens with zero attached hydrogens (tertiary/aromatic N) is 8. The van der Waals surface area contributed by atoms with Crippen LogP contribution in [0.15, 0.2) is 18.7 Å². The summed E-state index contributed by atoms with van der Waals surface area (Å²) in [6.07, 6.45) is 3.77. The molecule has 1 aliphatic carbocycles. The fraction of sp³-hybridized carbons (Fsp3) is 0.679. The minimum absolute atomic E-state index is 0.113. The van der Waals surface area contributed by atoms with Crippen LogP contribution in [0.5, 0.6) is 0 Å². The van der Waals surface area contributed by atoms with Crippen molar-refractivity contribution in [3.05, 3.63) is 35.9 Å². The number of likely N-dealkylation sites (tertiary alicyclic amines) is 1. The number of aliphatic hydroxyl groups is 1. The fourth-order valence-corrected chi connectivity index (χ4v) is 5.71. The number of piperidine rings is 1. The number of halogens is 2. The first-order valence-corrected chi connectivity index (χ1v) is 14.7. The van der Waals surface area contributed by atoms with Crippen LogP contribution in [0.25, 0.3) is 5.78 Å². The van der Waals surface area contributed by atoms with Gasteiger partial charge in [0, 0.05) is 25.4 Å². The van der Waals surface area contributed by atoms with Crippen LogP contribution in [0.1, 0.15) is 113 Å². The van der Waals surface area contributed by atoms with Crippen molar-refractivity contribution in [3.63, 3.8) is 0 Å². The quantitative estimate of drug-likeness (QED) is 0.425. The van der Waals surface area contributed by atoms with Gasteiger partial charge in [0.1, 0.15) is 11.9 Å². The molecule has 4 heterocycles. The maximum Gasteiger partial charge on any atom is 0.410 e. The summed E-state index contributed by atoms with van der Waals surface area (Å²) in [6, 6.07) is -1.41. The zero-order chi connectivity index (χ0) is 31.1. The molecule has 15 heteroatoms. The van der Waals surface area contributed by atoms with E-state index in [-0.39, 0.29) is 62.2 Å². The summed E-state index contributed by atoms with van der Waals surface area (Å²) < 4.78 is 36.7. The van der Waals surface area contributed by atoms with Crippen LogP contribution in [0.4, 0.5) is 13.6 Å². The first-order valence-electron chi connectivity index (χ1n) is 14.7. The van der Waals surface area contributed by atoms with Crippen molar-refractivity contribution in [2.24, 2.45) is 5.92 Å². The summed E-state index contributed by atoms with van der Waals surface area (Å²) in [4.78, 5) is 41.4. The van der Waals surface area contributed by atoms with Gasteiger partial charge in [-0.1, -0.05) is 0 Å². The number of rotatable bonds is 6. The molecule has 0 bridgehead atoms. The van der Waals surface area contributed by atoms with Crippen LogP contribution in [0.3, 0.4) is 0 Å². The molecule has 1 saturated heterocycles. The molecular weight excluding hydrogens is 564 g/mol. The Labute approximate surface area is 248 Å². The smallest absolute Gasteiger partial charge is 0.410 e. The summed E-state index contributed by atoms with van der Waals surface area (Å²) in [5, 5.41) is 22.0. The van der Waals surface area contributed by atoms with Crippen molar-refractivity contribution in [2.75, 3.05) is 6.54 Å². The molecule has 0 unspecified atom stereocenters. The van der Waals surface area contributed by atoms with E-state index in [0.29, 0.717) is 17.8 Å². The Morgan fingerprint density at radius 3 is 2.53 bits per heavy atom. The van der Waals surface area contributed by atoms with E-state index in [1.54, 1.807) is 31.9 Å². The monoisotopic (exact) mass is 603 g/mol. The number of hydrogen-bond donors (Lipinski definition) is 2. The van der Waals surface area contributed by atoms with Gasteiger partial charge in [0.15, 0.2) is 0 Å². The summed E-state index contributed by atoms with van der Waals surface area (Å²) in [5.41, 5.74) is 0.150. The molecule has 0 aromatic carbocycles.